The number of fused-ring (bicyclic) bond motifs is 1. The fourth-order valence-electron chi connectivity index (χ4n) is 3.73. The first-order valence-electron chi connectivity index (χ1n) is 9.47. The van der Waals surface area contributed by atoms with Gasteiger partial charge in [0.2, 0.25) is 0 Å². The van der Waals surface area contributed by atoms with Gasteiger partial charge in [-0.15, -0.1) is 0 Å². The summed E-state index contributed by atoms with van der Waals surface area (Å²) in [6.45, 7) is 4.94. The van der Waals surface area contributed by atoms with E-state index in [9.17, 15) is 0 Å². The van der Waals surface area contributed by atoms with Gasteiger partial charge in [-0.3, -0.25) is 0 Å². The van der Waals surface area contributed by atoms with Crippen molar-refractivity contribution in [2.75, 3.05) is 69.6 Å². The van der Waals surface area contributed by atoms with Gasteiger partial charge in [-0.05, 0) is 26.1 Å². The lowest BCUT2D eigenvalue weighted by molar-refractivity contribution is 0.360. The Kier molecular flexibility index (Phi) is 4.84. The highest BCUT2D eigenvalue weighted by atomic mass is 15.5. The third-order valence-corrected chi connectivity index (χ3v) is 5.20. The van der Waals surface area contributed by atoms with Gasteiger partial charge in [0.15, 0.2) is 11.6 Å². The van der Waals surface area contributed by atoms with Crippen molar-refractivity contribution in [3.8, 4) is 11.3 Å². The predicted molar refractivity (Wildman–Crippen MR) is 109 cm³/mol. The molecule has 0 saturated carbocycles. The molecule has 27 heavy (non-hydrogen) atoms. The molecule has 0 radical (unpaired) electrons. The number of hydrogen-bond donors (Lipinski definition) is 1. The van der Waals surface area contributed by atoms with E-state index < -0.39 is 0 Å². The first-order chi connectivity index (χ1) is 13.0. The van der Waals surface area contributed by atoms with E-state index in [1.807, 2.05) is 49.5 Å². The summed E-state index contributed by atoms with van der Waals surface area (Å²) in [6.07, 6.45) is 4.85. The predicted octanol–water partition coefficient (Wildman–Crippen LogP) is 1.52. The Morgan fingerprint density at radius 1 is 1.07 bits per heavy atom. The quantitative estimate of drug-likeness (QED) is 0.875. The van der Waals surface area contributed by atoms with Crippen molar-refractivity contribution in [3.63, 3.8) is 0 Å². The zero-order chi connectivity index (χ0) is 19.0. The molecule has 4 rings (SSSR count). The van der Waals surface area contributed by atoms with Gasteiger partial charge in [0.1, 0.15) is 5.82 Å². The average molecular weight is 368 g/mol. The third-order valence-electron chi connectivity index (χ3n) is 5.20. The lowest BCUT2D eigenvalue weighted by atomic mass is 10.1. The van der Waals surface area contributed by atoms with Gasteiger partial charge in [-0.2, -0.15) is 0 Å². The van der Waals surface area contributed by atoms with Crippen LogP contribution in [0.25, 0.3) is 11.3 Å². The second kappa shape index (κ2) is 7.28. The fraction of sp³-hybridized carbons (Fsp3) is 0.526. The molecule has 0 aromatic carbocycles. The van der Waals surface area contributed by atoms with E-state index >= 15 is 0 Å². The molecule has 1 N–H and O–H groups in total. The molecule has 4 heterocycles. The van der Waals surface area contributed by atoms with Crippen LogP contribution in [-0.2, 0) is 6.54 Å². The van der Waals surface area contributed by atoms with Crippen molar-refractivity contribution in [2.45, 2.75) is 13.0 Å². The highest BCUT2D eigenvalue weighted by Gasteiger charge is 2.24. The molecule has 2 aliphatic rings. The monoisotopic (exact) mass is 368 g/mol. The topological polar surface area (TPSA) is 63.7 Å². The zero-order valence-corrected chi connectivity index (χ0v) is 16.6. The summed E-state index contributed by atoms with van der Waals surface area (Å²) >= 11 is 0. The number of hydrogen-bond acceptors (Lipinski definition) is 8. The summed E-state index contributed by atoms with van der Waals surface area (Å²) in [7, 11) is 8.26. The largest absolute Gasteiger partial charge is 0.360 e. The molecule has 8 heteroatoms. The SMILES string of the molecule is CN1CCCN(c2nc(-c3ccnc4c3CN(C)N4)cnc2N(C)C)CC1. The van der Waals surface area contributed by atoms with Crippen LogP contribution in [-0.4, -0.2) is 79.2 Å². The van der Waals surface area contributed by atoms with Crippen molar-refractivity contribution >= 4 is 17.5 Å². The van der Waals surface area contributed by atoms with Gasteiger partial charge >= 0.3 is 0 Å². The first kappa shape index (κ1) is 17.9. The van der Waals surface area contributed by atoms with E-state index in [1.165, 1.54) is 5.56 Å². The molecule has 2 aromatic rings. The van der Waals surface area contributed by atoms with Crippen LogP contribution in [0.15, 0.2) is 18.5 Å². The highest BCUT2D eigenvalue weighted by Crippen LogP contribution is 2.34. The van der Waals surface area contributed by atoms with E-state index in [0.29, 0.717) is 0 Å². The molecule has 0 aliphatic carbocycles. The molecule has 0 atom stereocenters. The molecule has 2 aliphatic heterocycles. The van der Waals surface area contributed by atoms with Gasteiger partial charge in [0.05, 0.1) is 11.9 Å². The number of anilines is 3. The van der Waals surface area contributed by atoms with Gasteiger partial charge in [0, 0.05) is 64.6 Å². The summed E-state index contributed by atoms with van der Waals surface area (Å²) in [4.78, 5) is 21.1. The smallest absolute Gasteiger partial charge is 0.172 e. The van der Waals surface area contributed by atoms with Crippen molar-refractivity contribution in [2.24, 2.45) is 0 Å². The number of nitrogens with zero attached hydrogens (tertiary/aromatic N) is 7. The summed E-state index contributed by atoms with van der Waals surface area (Å²) in [6, 6.07) is 2.04. The molecule has 0 bridgehead atoms. The maximum Gasteiger partial charge on any atom is 0.172 e. The van der Waals surface area contributed by atoms with Crippen molar-refractivity contribution in [1.82, 2.24) is 24.9 Å². The average Bonchev–Trinajstić information content (AvgIpc) is 2.90. The fourth-order valence-corrected chi connectivity index (χ4v) is 3.73. The van der Waals surface area contributed by atoms with Crippen LogP contribution in [0.5, 0.6) is 0 Å². The Morgan fingerprint density at radius 2 is 1.93 bits per heavy atom. The zero-order valence-electron chi connectivity index (χ0n) is 16.6. The number of rotatable bonds is 3. The van der Waals surface area contributed by atoms with E-state index in [0.717, 1.165) is 67.9 Å². The first-order valence-corrected chi connectivity index (χ1v) is 9.47. The number of hydrazine groups is 1. The van der Waals surface area contributed by atoms with Crippen molar-refractivity contribution in [1.29, 1.82) is 0 Å². The normalized spacial score (nSPS) is 18.1. The third kappa shape index (κ3) is 3.54. The van der Waals surface area contributed by atoms with Gasteiger partial charge < -0.3 is 20.1 Å². The minimum atomic E-state index is 0.805. The van der Waals surface area contributed by atoms with Crippen molar-refractivity contribution in [3.05, 3.63) is 24.0 Å². The number of nitrogens with one attached hydrogen (secondary N) is 1. The second-order valence-electron chi connectivity index (χ2n) is 7.59. The second-order valence-corrected chi connectivity index (χ2v) is 7.59. The summed E-state index contributed by atoms with van der Waals surface area (Å²) in [5, 5.41) is 2.04. The molecular weight excluding hydrogens is 340 g/mol. The molecular formula is C19H28N8. The maximum absolute atomic E-state index is 5.09. The van der Waals surface area contributed by atoms with Gasteiger partial charge in [-0.1, -0.05) is 0 Å². The van der Waals surface area contributed by atoms with Crippen LogP contribution in [0.4, 0.5) is 17.5 Å². The number of pyridine rings is 1. The molecule has 0 amide bonds. The summed E-state index contributed by atoms with van der Waals surface area (Å²) < 4.78 is 0. The van der Waals surface area contributed by atoms with Gasteiger partial charge in [0.25, 0.3) is 0 Å². The summed E-state index contributed by atoms with van der Waals surface area (Å²) in [5.74, 6) is 2.80. The Morgan fingerprint density at radius 3 is 2.74 bits per heavy atom. The van der Waals surface area contributed by atoms with Gasteiger partial charge in [-0.25, -0.2) is 20.0 Å². The minimum absolute atomic E-state index is 0.805. The van der Waals surface area contributed by atoms with E-state index in [-0.39, 0.29) is 0 Å². The van der Waals surface area contributed by atoms with E-state index in [2.05, 4.69) is 27.3 Å². The van der Waals surface area contributed by atoms with Crippen LogP contribution in [0.3, 0.4) is 0 Å². The molecule has 2 aromatic heterocycles. The Balaban J connectivity index is 1.75. The Hall–Kier alpha value is -2.45. The van der Waals surface area contributed by atoms with Crippen LogP contribution in [0.2, 0.25) is 0 Å². The van der Waals surface area contributed by atoms with Crippen LogP contribution in [0, 0.1) is 0 Å². The lowest BCUT2D eigenvalue weighted by Gasteiger charge is -2.26. The van der Waals surface area contributed by atoms with Crippen LogP contribution in [0.1, 0.15) is 12.0 Å². The standard InChI is InChI=1S/C19H28N8/c1-24(2)18-19(27-9-5-8-25(3)10-11-27)22-16(12-21-18)14-6-7-20-17-15(14)13-26(4)23-17/h6-7,12H,5,8-11,13H2,1-4H3,(H,20,23). The Labute approximate surface area is 160 Å². The number of likely N-dealkylation sites (N-methyl/N-ethyl adjacent to an activating group) is 1. The van der Waals surface area contributed by atoms with E-state index in [1.54, 1.807) is 0 Å². The summed E-state index contributed by atoms with van der Waals surface area (Å²) in [5.41, 5.74) is 6.46. The molecule has 8 nitrogen and oxygen atoms in total. The molecule has 1 fully saturated rings. The van der Waals surface area contributed by atoms with Crippen LogP contribution < -0.4 is 15.2 Å². The van der Waals surface area contributed by atoms with Crippen molar-refractivity contribution < 1.29 is 0 Å². The van der Waals surface area contributed by atoms with E-state index in [4.69, 9.17) is 9.97 Å². The highest BCUT2D eigenvalue weighted by molar-refractivity contribution is 5.73. The molecule has 0 spiro atoms. The molecule has 1 saturated heterocycles. The molecule has 144 valence electrons. The number of aromatic nitrogens is 3. The Bertz CT molecular complexity index is 821. The maximum atomic E-state index is 5.09. The minimum Gasteiger partial charge on any atom is -0.360 e. The molecule has 0 unspecified atom stereocenters. The van der Waals surface area contributed by atoms with Crippen LogP contribution >= 0.6 is 0 Å². The lowest BCUT2D eigenvalue weighted by Crippen LogP contribution is -2.31.